The maximum atomic E-state index is 11.9. The molecule has 0 fully saturated rings. The summed E-state index contributed by atoms with van der Waals surface area (Å²) in [6.07, 6.45) is 9.83. The molecule has 0 radical (unpaired) electrons. The van der Waals surface area contributed by atoms with Gasteiger partial charge in [0.05, 0.1) is 0 Å². The number of carbonyl (C=O) groups is 2. The van der Waals surface area contributed by atoms with Gasteiger partial charge in [-0.25, -0.2) is 5.48 Å². The van der Waals surface area contributed by atoms with Crippen molar-refractivity contribution in [2.24, 2.45) is 0 Å². The molecule has 226 valence electrons. The molecule has 0 atom stereocenters. The molecule has 0 aliphatic carbocycles. The maximum Gasteiger partial charge on any atom is 0.243 e. The van der Waals surface area contributed by atoms with E-state index in [2.05, 4.69) is 76.6 Å². The molecule has 7 nitrogen and oxygen atoms in total. The zero-order chi connectivity index (χ0) is 27.1. The highest BCUT2D eigenvalue weighted by atomic mass is 79.9. The fraction of sp³-hybridized carbons (Fsp3) is 0.548. The largest absolute Gasteiger partial charge is 0.356 e. The van der Waals surface area contributed by atoms with Crippen molar-refractivity contribution in [1.29, 1.82) is 0 Å². The number of halogens is 2. The summed E-state index contributed by atoms with van der Waals surface area (Å²) in [5.41, 5.74) is 4.39. The maximum absolute atomic E-state index is 11.9. The lowest BCUT2D eigenvalue weighted by Gasteiger charge is -2.18. The van der Waals surface area contributed by atoms with Gasteiger partial charge in [0.2, 0.25) is 11.8 Å². The Labute approximate surface area is 262 Å². The third-order valence-electron chi connectivity index (χ3n) is 6.76. The Bertz CT molecular complexity index is 836. The number of hydrogen-bond acceptors (Lipinski definition) is 5. The van der Waals surface area contributed by atoms with Gasteiger partial charge in [-0.05, 0) is 75.8 Å². The van der Waals surface area contributed by atoms with Crippen molar-refractivity contribution in [3.63, 3.8) is 0 Å². The SMILES string of the molecule is Br.Br.O=C(CCCCCCCC(=O)NCCCNCCCCNCCC(c1ccccc1)c1ccccc1)NO. The van der Waals surface area contributed by atoms with Gasteiger partial charge in [0.1, 0.15) is 0 Å². The van der Waals surface area contributed by atoms with Gasteiger partial charge >= 0.3 is 0 Å². The molecule has 9 heteroatoms. The van der Waals surface area contributed by atoms with E-state index in [1.54, 1.807) is 5.48 Å². The lowest BCUT2D eigenvalue weighted by atomic mass is 9.88. The van der Waals surface area contributed by atoms with Crippen molar-refractivity contribution in [1.82, 2.24) is 21.4 Å². The summed E-state index contributed by atoms with van der Waals surface area (Å²) < 4.78 is 0. The molecule has 0 spiro atoms. The van der Waals surface area contributed by atoms with Crippen LogP contribution in [0.25, 0.3) is 0 Å². The summed E-state index contributed by atoms with van der Waals surface area (Å²) in [7, 11) is 0. The molecule has 2 rings (SSSR count). The molecule has 0 aliphatic rings. The second kappa shape index (κ2) is 26.1. The quantitative estimate of drug-likeness (QED) is 0.0589. The first-order valence-electron chi connectivity index (χ1n) is 14.4. The Morgan fingerprint density at radius 3 is 1.60 bits per heavy atom. The van der Waals surface area contributed by atoms with E-state index in [0.29, 0.717) is 25.3 Å². The number of unbranched alkanes of at least 4 members (excludes halogenated alkanes) is 5. The van der Waals surface area contributed by atoms with Gasteiger partial charge in [-0.3, -0.25) is 14.8 Å². The van der Waals surface area contributed by atoms with Gasteiger partial charge in [-0.1, -0.05) is 79.9 Å². The van der Waals surface area contributed by atoms with Crippen molar-refractivity contribution < 1.29 is 14.8 Å². The second-order valence-corrected chi connectivity index (χ2v) is 9.88. The number of amides is 2. The van der Waals surface area contributed by atoms with E-state index < -0.39 is 0 Å². The Morgan fingerprint density at radius 2 is 1.05 bits per heavy atom. The molecule has 0 saturated heterocycles. The Balaban J connectivity index is 0.00000760. The summed E-state index contributed by atoms with van der Waals surface area (Å²) in [6, 6.07) is 21.5. The van der Waals surface area contributed by atoms with E-state index >= 15 is 0 Å². The summed E-state index contributed by atoms with van der Waals surface area (Å²) >= 11 is 0. The average molecular weight is 687 g/mol. The molecule has 40 heavy (non-hydrogen) atoms. The standard InChI is InChI=1S/C31H48N4O3.2BrH/c36-30(19-10-2-1-3-11-20-31(37)35-38)34-25-14-24-32-22-12-13-23-33-26-21-29(27-15-6-4-7-16-27)28-17-8-5-9-18-28;;/h4-9,15-18,29,32-33,38H,1-3,10-14,19-26H2,(H,34,36)(H,35,37);2*1H. The number of carbonyl (C=O) groups excluding carboxylic acids is 2. The summed E-state index contributed by atoms with van der Waals surface area (Å²) in [6.45, 7) is 4.68. The minimum absolute atomic E-state index is 0. The van der Waals surface area contributed by atoms with Crippen LogP contribution in [0.2, 0.25) is 0 Å². The van der Waals surface area contributed by atoms with Gasteiger partial charge in [-0.2, -0.15) is 0 Å². The molecule has 5 N–H and O–H groups in total. The molecule has 0 aliphatic heterocycles. The first-order chi connectivity index (χ1) is 18.7. The minimum atomic E-state index is -0.335. The van der Waals surface area contributed by atoms with E-state index in [1.807, 2.05) is 0 Å². The third-order valence-corrected chi connectivity index (χ3v) is 6.76. The molecule has 0 unspecified atom stereocenters. The van der Waals surface area contributed by atoms with Gasteiger partial charge in [0.15, 0.2) is 0 Å². The normalized spacial score (nSPS) is 10.4. The Hall–Kier alpha value is -1.78. The highest BCUT2D eigenvalue weighted by Crippen LogP contribution is 2.27. The number of benzene rings is 2. The summed E-state index contributed by atoms with van der Waals surface area (Å²) in [4.78, 5) is 22.8. The van der Waals surface area contributed by atoms with Crippen LogP contribution in [0.4, 0.5) is 0 Å². The molecule has 2 aromatic rings. The zero-order valence-electron chi connectivity index (χ0n) is 23.7. The van der Waals surface area contributed by atoms with Gasteiger partial charge in [0, 0.05) is 25.3 Å². The van der Waals surface area contributed by atoms with Crippen LogP contribution in [0, 0.1) is 0 Å². The molecular formula is C31H50Br2N4O3. The average Bonchev–Trinajstić information content (AvgIpc) is 2.95. The molecule has 0 saturated carbocycles. The third kappa shape index (κ3) is 18.5. The molecule has 2 amide bonds. The van der Waals surface area contributed by atoms with Crippen LogP contribution < -0.4 is 21.4 Å². The van der Waals surface area contributed by atoms with Crippen molar-refractivity contribution in [2.45, 2.75) is 76.5 Å². The first-order valence-corrected chi connectivity index (χ1v) is 14.4. The van der Waals surface area contributed by atoms with Crippen LogP contribution in [0.1, 0.15) is 87.7 Å². The number of rotatable bonds is 22. The first kappa shape index (κ1) is 38.2. The monoisotopic (exact) mass is 684 g/mol. The van der Waals surface area contributed by atoms with Crippen LogP contribution >= 0.6 is 34.0 Å². The number of hydroxylamine groups is 1. The van der Waals surface area contributed by atoms with Gasteiger partial charge in [0.25, 0.3) is 0 Å². The Morgan fingerprint density at radius 1 is 0.575 bits per heavy atom. The fourth-order valence-electron chi connectivity index (χ4n) is 4.58. The molecule has 2 aromatic carbocycles. The zero-order valence-corrected chi connectivity index (χ0v) is 27.2. The highest BCUT2D eigenvalue weighted by molar-refractivity contribution is 8.93. The van der Waals surface area contributed by atoms with E-state index in [1.165, 1.54) is 11.1 Å². The van der Waals surface area contributed by atoms with Crippen LogP contribution in [0.5, 0.6) is 0 Å². The van der Waals surface area contributed by atoms with E-state index in [0.717, 1.165) is 84.0 Å². The predicted octanol–water partition coefficient (Wildman–Crippen LogP) is 6.07. The van der Waals surface area contributed by atoms with Crippen LogP contribution in [0.15, 0.2) is 60.7 Å². The lowest BCUT2D eigenvalue weighted by Crippen LogP contribution is -2.27. The van der Waals surface area contributed by atoms with E-state index in [4.69, 9.17) is 5.21 Å². The second-order valence-electron chi connectivity index (χ2n) is 9.88. The summed E-state index contributed by atoms with van der Waals surface area (Å²) in [5.74, 6) is 0.210. The molecule has 0 heterocycles. The van der Waals surface area contributed by atoms with Crippen molar-refractivity contribution in [2.75, 3.05) is 32.7 Å². The molecule has 0 aromatic heterocycles. The van der Waals surface area contributed by atoms with Crippen molar-refractivity contribution in [3.8, 4) is 0 Å². The van der Waals surface area contributed by atoms with Gasteiger partial charge < -0.3 is 16.0 Å². The van der Waals surface area contributed by atoms with Crippen molar-refractivity contribution in [3.05, 3.63) is 71.8 Å². The van der Waals surface area contributed by atoms with Gasteiger partial charge in [-0.15, -0.1) is 34.0 Å². The predicted molar refractivity (Wildman–Crippen MR) is 175 cm³/mol. The van der Waals surface area contributed by atoms with Crippen LogP contribution in [-0.2, 0) is 9.59 Å². The lowest BCUT2D eigenvalue weighted by molar-refractivity contribution is -0.129. The van der Waals surface area contributed by atoms with Crippen LogP contribution in [-0.4, -0.2) is 49.7 Å². The minimum Gasteiger partial charge on any atom is -0.356 e. The topological polar surface area (TPSA) is 102 Å². The molecule has 0 bridgehead atoms. The van der Waals surface area contributed by atoms with Crippen molar-refractivity contribution >= 4 is 45.8 Å². The molecular weight excluding hydrogens is 636 g/mol. The smallest absolute Gasteiger partial charge is 0.243 e. The number of nitrogens with one attached hydrogen (secondary N) is 4. The van der Waals surface area contributed by atoms with E-state index in [-0.39, 0.29) is 45.8 Å². The van der Waals surface area contributed by atoms with Crippen LogP contribution in [0.3, 0.4) is 0 Å². The Kier molecular flexibility index (Phi) is 25.0. The fourth-order valence-corrected chi connectivity index (χ4v) is 4.58. The highest BCUT2D eigenvalue weighted by Gasteiger charge is 2.13. The summed E-state index contributed by atoms with van der Waals surface area (Å²) in [5, 5.41) is 18.5. The van der Waals surface area contributed by atoms with E-state index in [9.17, 15) is 9.59 Å². The number of hydrogen-bond donors (Lipinski definition) is 5.